The number of ether oxygens (including phenoxy) is 2. The van der Waals surface area contributed by atoms with Crippen LogP contribution >= 0.6 is 0 Å². The second-order valence-corrected chi connectivity index (χ2v) is 3.72. The number of carbonyl (C=O) groups is 3. The van der Waals surface area contributed by atoms with E-state index < -0.39 is 24.0 Å². The van der Waals surface area contributed by atoms with Crippen LogP contribution in [0, 0.1) is 0 Å². The Morgan fingerprint density at radius 2 is 1.53 bits per heavy atom. The highest BCUT2D eigenvalue weighted by Crippen LogP contribution is 2.12. The molecule has 1 saturated heterocycles. The third-order valence-electron chi connectivity index (χ3n) is 2.41. The number of hydrogen-bond acceptors (Lipinski definition) is 6. The molecule has 0 radical (unpaired) electrons. The highest BCUT2D eigenvalue weighted by Gasteiger charge is 2.35. The van der Waals surface area contributed by atoms with Crippen LogP contribution in [0.1, 0.15) is 26.7 Å². The van der Waals surface area contributed by atoms with Crippen LogP contribution in [-0.4, -0.2) is 43.0 Å². The number of Topliss-reactive ketones (excluding diaryl/α,β-unsaturated/α-hetero) is 1. The predicted octanol–water partition coefficient (Wildman–Crippen LogP) is -0.198. The van der Waals surface area contributed by atoms with Crippen LogP contribution in [-0.2, 0) is 23.9 Å². The fourth-order valence-electron chi connectivity index (χ4n) is 1.69. The van der Waals surface area contributed by atoms with Gasteiger partial charge in [-0.3, -0.25) is 19.7 Å². The Morgan fingerprint density at radius 1 is 1.12 bits per heavy atom. The van der Waals surface area contributed by atoms with E-state index in [2.05, 4.69) is 5.32 Å². The molecule has 0 aliphatic carbocycles. The lowest BCUT2D eigenvalue weighted by Gasteiger charge is -2.27. The van der Waals surface area contributed by atoms with E-state index in [4.69, 9.17) is 9.47 Å². The molecular weight excluding hydrogens is 226 g/mol. The van der Waals surface area contributed by atoms with Crippen molar-refractivity contribution in [3.8, 4) is 0 Å². The third kappa shape index (κ3) is 3.81. The van der Waals surface area contributed by atoms with Crippen LogP contribution in [0.25, 0.3) is 0 Å². The van der Waals surface area contributed by atoms with Gasteiger partial charge in [-0.25, -0.2) is 0 Å². The second kappa shape index (κ2) is 6.34. The Bertz CT molecular complexity index is 287. The Hall–Kier alpha value is -1.43. The summed E-state index contributed by atoms with van der Waals surface area (Å²) >= 11 is 0. The molecular formula is C11H17NO5. The molecule has 17 heavy (non-hydrogen) atoms. The van der Waals surface area contributed by atoms with E-state index in [1.54, 1.807) is 13.8 Å². The third-order valence-corrected chi connectivity index (χ3v) is 2.41. The van der Waals surface area contributed by atoms with Gasteiger partial charge < -0.3 is 9.47 Å². The van der Waals surface area contributed by atoms with Crippen molar-refractivity contribution in [1.29, 1.82) is 0 Å². The molecule has 0 saturated carbocycles. The average Bonchev–Trinajstić information content (AvgIpc) is 2.29. The zero-order valence-electron chi connectivity index (χ0n) is 10.0. The first-order chi connectivity index (χ1) is 8.08. The van der Waals surface area contributed by atoms with Crippen LogP contribution in [0.3, 0.4) is 0 Å². The molecule has 1 aliphatic rings. The van der Waals surface area contributed by atoms with Gasteiger partial charge in [-0.15, -0.1) is 0 Å². The molecule has 6 heteroatoms. The Balaban J connectivity index is 2.61. The maximum Gasteiger partial charge on any atom is 0.323 e. The Kier molecular flexibility index (Phi) is 5.09. The monoisotopic (exact) mass is 243 g/mol. The van der Waals surface area contributed by atoms with Crippen LogP contribution in [0.5, 0.6) is 0 Å². The normalized spacial score (nSPS) is 24.2. The standard InChI is InChI=1S/C11H17NO5/c1-3-16-10(14)8-5-7(13)6-9(12-8)11(15)17-4-2/h8-9,12H,3-6H2,1-2H3. The molecule has 1 fully saturated rings. The molecule has 0 aromatic rings. The van der Waals surface area contributed by atoms with E-state index in [-0.39, 0.29) is 31.8 Å². The van der Waals surface area contributed by atoms with Gasteiger partial charge in [0.25, 0.3) is 0 Å². The molecule has 0 aromatic carbocycles. The van der Waals surface area contributed by atoms with Gasteiger partial charge >= 0.3 is 11.9 Å². The van der Waals surface area contributed by atoms with Crippen molar-refractivity contribution in [2.45, 2.75) is 38.8 Å². The van der Waals surface area contributed by atoms with Gasteiger partial charge in [0.2, 0.25) is 0 Å². The Labute approximate surface area is 99.6 Å². The average molecular weight is 243 g/mol. The molecule has 2 unspecified atom stereocenters. The van der Waals surface area contributed by atoms with Crippen molar-refractivity contribution in [2.24, 2.45) is 0 Å². The second-order valence-electron chi connectivity index (χ2n) is 3.72. The van der Waals surface area contributed by atoms with Gasteiger partial charge in [0.05, 0.1) is 13.2 Å². The van der Waals surface area contributed by atoms with Gasteiger partial charge in [-0.05, 0) is 13.8 Å². The summed E-state index contributed by atoms with van der Waals surface area (Å²) in [6.07, 6.45) is 0.128. The van der Waals surface area contributed by atoms with Gasteiger partial charge in [0, 0.05) is 12.8 Å². The summed E-state index contributed by atoms with van der Waals surface area (Å²) in [7, 11) is 0. The zero-order valence-corrected chi connectivity index (χ0v) is 10.0. The minimum absolute atomic E-state index is 0.0642. The van der Waals surface area contributed by atoms with Crippen LogP contribution in [0.15, 0.2) is 0 Å². The van der Waals surface area contributed by atoms with Crippen LogP contribution in [0.4, 0.5) is 0 Å². The number of carbonyl (C=O) groups excluding carboxylic acids is 3. The molecule has 1 aliphatic heterocycles. The van der Waals surface area contributed by atoms with Crippen molar-refractivity contribution < 1.29 is 23.9 Å². The largest absolute Gasteiger partial charge is 0.465 e. The lowest BCUT2D eigenvalue weighted by molar-refractivity contribution is -0.153. The van der Waals surface area contributed by atoms with E-state index in [9.17, 15) is 14.4 Å². The number of hydrogen-bond donors (Lipinski definition) is 1. The first-order valence-electron chi connectivity index (χ1n) is 5.69. The molecule has 0 amide bonds. The minimum Gasteiger partial charge on any atom is -0.465 e. The highest BCUT2D eigenvalue weighted by atomic mass is 16.5. The van der Waals surface area contributed by atoms with Crippen molar-refractivity contribution in [3.63, 3.8) is 0 Å². The molecule has 96 valence electrons. The predicted molar refractivity (Wildman–Crippen MR) is 58.2 cm³/mol. The quantitative estimate of drug-likeness (QED) is 0.689. The van der Waals surface area contributed by atoms with Crippen LogP contribution < -0.4 is 5.32 Å². The molecule has 0 aromatic heterocycles. The molecule has 6 nitrogen and oxygen atoms in total. The lowest BCUT2D eigenvalue weighted by Crippen LogP contribution is -2.54. The lowest BCUT2D eigenvalue weighted by atomic mass is 9.97. The summed E-state index contributed by atoms with van der Waals surface area (Å²) < 4.78 is 9.62. The van der Waals surface area contributed by atoms with Gasteiger partial charge in [0.1, 0.15) is 17.9 Å². The Morgan fingerprint density at radius 3 is 1.88 bits per heavy atom. The molecule has 1 heterocycles. The van der Waals surface area contributed by atoms with E-state index in [1.165, 1.54) is 0 Å². The fourth-order valence-corrected chi connectivity index (χ4v) is 1.69. The minimum atomic E-state index is -0.745. The van der Waals surface area contributed by atoms with E-state index >= 15 is 0 Å². The van der Waals surface area contributed by atoms with Gasteiger partial charge in [-0.1, -0.05) is 0 Å². The number of esters is 2. The van der Waals surface area contributed by atoms with Gasteiger partial charge in [-0.2, -0.15) is 0 Å². The first kappa shape index (κ1) is 13.6. The summed E-state index contributed by atoms with van der Waals surface area (Å²) in [5.74, 6) is -1.15. The summed E-state index contributed by atoms with van der Waals surface area (Å²) in [5, 5.41) is 2.78. The van der Waals surface area contributed by atoms with Crippen molar-refractivity contribution in [2.75, 3.05) is 13.2 Å². The van der Waals surface area contributed by atoms with Crippen LogP contribution in [0.2, 0.25) is 0 Å². The first-order valence-corrected chi connectivity index (χ1v) is 5.69. The maximum absolute atomic E-state index is 11.5. The number of nitrogens with one attached hydrogen (secondary N) is 1. The zero-order chi connectivity index (χ0) is 12.8. The molecule has 0 spiro atoms. The molecule has 1 rings (SSSR count). The summed E-state index contributed by atoms with van der Waals surface area (Å²) in [6, 6.07) is -1.49. The smallest absolute Gasteiger partial charge is 0.323 e. The molecule has 1 N–H and O–H groups in total. The topological polar surface area (TPSA) is 81.7 Å². The number of rotatable bonds is 4. The maximum atomic E-state index is 11.5. The summed E-state index contributed by atoms with van der Waals surface area (Å²) in [4.78, 5) is 34.4. The molecule has 2 atom stereocenters. The fraction of sp³-hybridized carbons (Fsp3) is 0.727. The number of ketones is 1. The van der Waals surface area contributed by atoms with E-state index in [1.807, 2.05) is 0 Å². The summed E-state index contributed by atoms with van der Waals surface area (Å²) in [5.41, 5.74) is 0. The molecule has 0 bridgehead atoms. The van der Waals surface area contributed by atoms with Crippen molar-refractivity contribution >= 4 is 17.7 Å². The van der Waals surface area contributed by atoms with E-state index in [0.29, 0.717) is 0 Å². The SMILES string of the molecule is CCOC(=O)C1CC(=O)CC(C(=O)OCC)N1. The van der Waals surface area contributed by atoms with Crippen molar-refractivity contribution in [1.82, 2.24) is 5.32 Å². The highest BCUT2D eigenvalue weighted by molar-refractivity contribution is 5.93. The number of piperidine rings is 1. The van der Waals surface area contributed by atoms with Gasteiger partial charge in [0.15, 0.2) is 0 Å². The summed E-state index contributed by atoms with van der Waals surface area (Å²) in [6.45, 7) is 3.86. The van der Waals surface area contributed by atoms with E-state index in [0.717, 1.165) is 0 Å². The van der Waals surface area contributed by atoms with Crippen molar-refractivity contribution in [3.05, 3.63) is 0 Å².